The minimum absolute atomic E-state index is 0.167. The maximum Gasteiger partial charge on any atom is 0.266 e. The molecule has 1 aliphatic heterocycles. The Morgan fingerprint density at radius 3 is 2.54 bits per heavy atom. The fourth-order valence-corrected chi connectivity index (χ4v) is 3.42. The predicted molar refractivity (Wildman–Crippen MR) is 102 cm³/mol. The highest BCUT2D eigenvalue weighted by atomic mass is 19.3. The van der Waals surface area contributed by atoms with Crippen molar-refractivity contribution >= 4 is 17.4 Å². The molecule has 1 saturated heterocycles. The molecular formula is C20H23F2N5O. The molecule has 1 amide bonds. The van der Waals surface area contributed by atoms with Crippen LogP contribution in [0.3, 0.4) is 0 Å². The molecule has 4 rings (SSSR count). The Morgan fingerprint density at radius 1 is 1.25 bits per heavy atom. The molecule has 0 unspecified atom stereocenters. The van der Waals surface area contributed by atoms with Crippen molar-refractivity contribution in [3.05, 3.63) is 41.6 Å². The van der Waals surface area contributed by atoms with Gasteiger partial charge in [-0.3, -0.25) is 4.79 Å². The molecule has 148 valence electrons. The van der Waals surface area contributed by atoms with Crippen LogP contribution in [0.15, 0.2) is 24.7 Å². The number of rotatable bonds is 5. The molecule has 1 saturated carbocycles. The van der Waals surface area contributed by atoms with Crippen molar-refractivity contribution < 1.29 is 13.6 Å². The van der Waals surface area contributed by atoms with Gasteiger partial charge in [0.25, 0.3) is 11.8 Å². The highest BCUT2D eigenvalue weighted by Gasteiger charge is 2.40. The van der Waals surface area contributed by atoms with E-state index in [9.17, 15) is 13.6 Å². The maximum atomic E-state index is 13.7. The molecule has 1 aliphatic carbocycles. The van der Waals surface area contributed by atoms with Crippen molar-refractivity contribution in [2.75, 3.05) is 23.3 Å². The predicted octanol–water partition coefficient (Wildman–Crippen LogP) is 3.97. The van der Waals surface area contributed by atoms with Crippen LogP contribution in [0.5, 0.6) is 0 Å². The zero-order valence-corrected chi connectivity index (χ0v) is 16.0. The van der Waals surface area contributed by atoms with E-state index in [4.69, 9.17) is 0 Å². The van der Waals surface area contributed by atoms with E-state index in [0.29, 0.717) is 28.8 Å². The lowest BCUT2D eigenvalue weighted by Crippen LogP contribution is -2.27. The summed E-state index contributed by atoms with van der Waals surface area (Å²) >= 11 is 0. The van der Waals surface area contributed by atoms with Gasteiger partial charge in [0.15, 0.2) is 5.82 Å². The Labute approximate surface area is 162 Å². The van der Waals surface area contributed by atoms with Crippen molar-refractivity contribution in [3.8, 4) is 0 Å². The summed E-state index contributed by atoms with van der Waals surface area (Å²) in [5.74, 6) is -1.53. The van der Waals surface area contributed by atoms with Gasteiger partial charge in [-0.1, -0.05) is 13.8 Å². The first-order valence-electron chi connectivity index (χ1n) is 9.59. The quantitative estimate of drug-likeness (QED) is 0.841. The molecule has 0 aromatic carbocycles. The molecule has 1 N–H and O–H groups in total. The number of aromatic nitrogens is 3. The first kappa shape index (κ1) is 18.7. The van der Waals surface area contributed by atoms with Gasteiger partial charge in [0.2, 0.25) is 0 Å². The van der Waals surface area contributed by atoms with Crippen LogP contribution in [0.25, 0.3) is 0 Å². The van der Waals surface area contributed by atoms with E-state index in [1.54, 1.807) is 11.1 Å². The van der Waals surface area contributed by atoms with Gasteiger partial charge < -0.3 is 10.2 Å². The molecule has 0 atom stereocenters. The van der Waals surface area contributed by atoms with E-state index >= 15 is 0 Å². The summed E-state index contributed by atoms with van der Waals surface area (Å²) < 4.78 is 27.5. The minimum atomic E-state index is -2.74. The van der Waals surface area contributed by atoms with Crippen LogP contribution >= 0.6 is 0 Å². The van der Waals surface area contributed by atoms with E-state index in [2.05, 4.69) is 20.3 Å². The second-order valence-electron chi connectivity index (χ2n) is 7.84. The first-order valence-corrected chi connectivity index (χ1v) is 9.59. The van der Waals surface area contributed by atoms with Gasteiger partial charge >= 0.3 is 0 Å². The van der Waals surface area contributed by atoms with Gasteiger partial charge in [0.1, 0.15) is 5.82 Å². The molecule has 2 aromatic rings. The van der Waals surface area contributed by atoms with Crippen molar-refractivity contribution in [1.82, 2.24) is 15.0 Å². The Kier molecular flexibility index (Phi) is 4.72. The number of alkyl halides is 2. The van der Waals surface area contributed by atoms with Crippen LogP contribution in [-0.2, 0) is 0 Å². The smallest absolute Gasteiger partial charge is 0.266 e. The monoisotopic (exact) mass is 387 g/mol. The number of amides is 1. The second-order valence-corrected chi connectivity index (χ2v) is 7.84. The lowest BCUT2D eigenvalue weighted by molar-refractivity contribution is 0.0257. The van der Waals surface area contributed by atoms with Crippen LogP contribution in [0, 0.1) is 0 Å². The summed E-state index contributed by atoms with van der Waals surface area (Å²) in [5.41, 5.74) is 1.81. The number of halogens is 2. The Hall–Kier alpha value is -2.64. The first-order chi connectivity index (χ1) is 13.3. The fourth-order valence-electron chi connectivity index (χ4n) is 3.42. The highest BCUT2D eigenvalue weighted by molar-refractivity contribution is 6.06. The summed E-state index contributed by atoms with van der Waals surface area (Å²) in [6.45, 7) is 3.78. The summed E-state index contributed by atoms with van der Waals surface area (Å²) in [6.07, 6.45) is 6.46. The third kappa shape index (κ3) is 3.81. The van der Waals surface area contributed by atoms with Crippen LogP contribution in [0.4, 0.5) is 20.3 Å². The second kappa shape index (κ2) is 7.07. The van der Waals surface area contributed by atoms with Crippen molar-refractivity contribution in [2.24, 2.45) is 0 Å². The van der Waals surface area contributed by atoms with Crippen molar-refractivity contribution in [2.45, 2.75) is 50.9 Å². The number of nitrogens with zero attached hydrogens (tertiary/aromatic N) is 4. The zero-order chi connectivity index (χ0) is 19.9. The van der Waals surface area contributed by atoms with Crippen LogP contribution in [0.2, 0.25) is 0 Å². The van der Waals surface area contributed by atoms with E-state index in [1.807, 2.05) is 19.9 Å². The average molecular weight is 387 g/mol. The molecule has 8 heteroatoms. The Morgan fingerprint density at radius 2 is 1.96 bits per heavy atom. The summed E-state index contributed by atoms with van der Waals surface area (Å²) in [6, 6.07) is 1.86. The van der Waals surface area contributed by atoms with Crippen LogP contribution in [-0.4, -0.2) is 39.9 Å². The number of hydrogen-bond acceptors (Lipinski definition) is 5. The zero-order valence-electron chi connectivity index (χ0n) is 16.0. The lowest BCUT2D eigenvalue weighted by atomic mass is 10.1. The number of carbonyl (C=O) groups excluding carboxylic acids is 1. The van der Waals surface area contributed by atoms with E-state index in [1.165, 1.54) is 12.4 Å². The SMILES string of the molecule is CC(C)c1ncc(C(=O)Nc2c(C3CC3)ccnc2N2CCC(F)(F)C2)cn1. The molecule has 28 heavy (non-hydrogen) atoms. The van der Waals surface area contributed by atoms with Gasteiger partial charge in [-0.05, 0) is 30.4 Å². The van der Waals surface area contributed by atoms with E-state index in [0.717, 1.165) is 18.4 Å². The van der Waals surface area contributed by atoms with Crippen molar-refractivity contribution in [1.29, 1.82) is 0 Å². The van der Waals surface area contributed by atoms with Gasteiger partial charge in [-0.2, -0.15) is 0 Å². The van der Waals surface area contributed by atoms with Gasteiger partial charge in [-0.15, -0.1) is 0 Å². The van der Waals surface area contributed by atoms with E-state index < -0.39 is 5.92 Å². The fraction of sp³-hybridized carbons (Fsp3) is 0.500. The average Bonchev–Trinajstić information content (AvgIpc) is 3.44. The molecule has 0 spiro atoms. The number of hydrogen-bond donors (Lipinski definition) is 1. The van der Waals surface area contributed by atoms with Crippen LogP contribution in [0.1, 0.15) is 66.7 Å². The minimum Gasteiger partial charge on any atom is -0.349 e. The molecular weight excluding hydrogens is 364 g/mol. The standard InChI is InChI=1S/C20H23F2N5O/c1-12(2)17-24-9-14(10-25-17)19(28)26-16-15(13-3-4-13)5-7-23-18(16)27-8-6-20(21,22)11-27/h5,7,9-10,12-13H,3-4,6,8,11H2,1-2H3,(H,26,28). The maximum absolute atomic E-state index is 13.7. The molecule has 0 radical (unpaired) electrons. The lowest BCUT2D eigenvalue weighted by Gasteiger charge is -2.22. The number of anilines is 2. The number of pyridine rings is 1. The summed E-state index contributed by atoms with van der Waals surface area (Å²) in [5, 5.41) is 2.90. The van der Waals surface area contributed by atoms with E-state index in [-0.39, 0.29) is 31.3 Å². The summed E-state index contributed by atoms with van der Waals surface area (Å²) in [7, 11) is 0. The topological polar surface area (TPSA) is 71.0 Å². The molecule has 2 aliphatic rings. The highest BCUT2D eigenvalue weighted by Crippen LogP contribution is 2.46. The normalized spacial score (nSPS) is 18.5. The van der Waals surface area contributed by atoms with Crippen molar-refractivity contribution in [3.63, 3.8) is 0 Å². The van der Waals surface area contributed by atoms with Gasteiger partial charge in [-0.25, -0.2) is 23.7 Å². The summed E-state index contributed by atoms with van der Waals surface area (Å²) in [4.78, 5) is 27.1. The van der Waals surface area contributed by atoms with Gasteiger partial charge in [0, 0.05) is 37.5 Å². The van der Waals surface area contributed by atoms with Crippen LogP contribution < -0.4 is 10.2 Å². The number of nitrogens with one attached hydrogen (secondary N) is 1. The third-order valence-electron chi connectivity index (χ3n) is 5.14. The number of carbonyl (C=O) groups is 1. The molecule has 0 bridgehead atoms. The molecule has 6 nitrogen and oxygen atoms in total. The largest absolute Gasteiger partial charge is 0.349 e. The van der Waals surface area contributed by atoms with Gasteiger partial charge in [0.05, 0.1) is 17.8 Å². The molecule has 3 heterocycles. The molecule has 2 fully saturated rings. The molecule has 2 aromatic heterocycles. The Bertz CT molecular complexity index is 881. The third-order valence-corrected chi connectivity index (χ3v) is 5.14. The Balaban J connectivity index is 1.63.